The number of urea groups is 1. The lowest BCUT2D eigenvalue weighted by atomic mass is 10.1. The monoisotopic (exact) mass is 384 g/mol. The number of pyridine rings is 1. The van der Waals surface area contributed by atoms with Crippen LogP contribution in [0.1, 0.15) is 12.0 Å². The molecule has 0 bridgehead atoms. The van der Waals surface area contributed by atoms with Crippen molar-refractivity contribution in [1.29, 1.82) is 0 Å². The summed E-state index contributed by atoms with van der Waals surface area (Å²) in [6.45, 7) is 0.0647. The van der Waals surface area contributed by atoms with Gasteiger partial charge in [0.05, 0.1) is 39.1 Å². The van der Waals surface area contributed by atoms with Crippen LogP contribution in [0.15, 0.2) is 42.6 Å². The maximum Gasteiger partial charge on any atom is 0.325 e. The molecule has 2 heterocycles. The van der Waals surface area contributed by atoms with Gasteiger partial charge in [0.1, 0.15) is 11.8 Å². The smallest absolute Gasteiger partial charge is 0.325 e. The summed E-state index contributed by atoms with van der Waals surface area (Å²) in [5.74, 6) is 0.128. The number of hydrogen-bond donors (Lipinski definition) is 2. The summed E-state index contributed by atoms with van der Waals surface area (Å²) in [5, 5.41) is 5.19. The van der Waals surface area contributed by atoms with Gasteiger partial charge in [-0.2, -0.15) is 0 Å². The van der Waals surface area contributed by atoms with Gasteiger partial charge in [0.25, 0.3) is 5.91 Å². The van der Waals surface area contributed by atoms with Gasteiger partial charge in [-0.3, -0.25) is 14.5 Å². The third-order valence-electron chi connectivity index (χ3n) is 4.25. The van der Waals surface area contributed by atoms with E-state index in [0.717, 1.165) is 4.90 Å². The molecule has 1 unspecified atom stereocenters. The molecule has 1 aromatic carbocycles. The summed E-state index contributed by atoms with van der Waals surface area (Å²) in [7, 11) is 3.01. The SMILES string of the molecule is COc1ccc(NC(=O)CC2NC(=O)N(Cc3ccccc3OC)C2=O)cn1. The van der Waals surface area contributed by atoms with Gasteiger partial charge in [-0.05, 0) is 12.1 Å². The first-order valence-corrected chi connectivity index (χ1v) is 8.55. The molecule has 4 amide bonds. The Balaban J connectivity index is 1.61. The van der Waals surface area contributed by atoms with E-state index in [1.807, 2.05) is 0 Å². The predicted molar refractivity (Wildman–Crippen MR) is 99.9 cm³/mol. The summed E-state index contributed by atoms with van der Waals surface area (Å²) in [6.07, 6.45) is 1.26. The number of amides is 4. The van der Waals surface area contributed by atoms with Crippen LogP contribution < -0.4 is 20.1 Å². The standard InChI is InChI=1S/C19H20N4O5/c1-27-15-6-4-3-5-12(15)11-23-18(25)14(22-19(23)26)9-16(24)21-13-7-8-17(28-2)20-10-13/h3-8,10,14H,9,11H2,1-2H3,(H,21,24)(H,22,26). The molecule has 1 aliphatic rings. The average molecular weight is 384 g/mol. The Labute approximate surface area is 161 Å². The van der Waals surface area contributed by atoms with E-state index >= 15 is 0 Å². The number of rotatable bonds is 7. The van der Waals surface area contributed by atoms with Crippen LogP contribution >= 0.6 is 0 Å². The van der Waals surface area contributed by atoms with Gasteiger partial charge in [0.2, 0.25) is 11.8 Å². The molecule has 0 aliphatic carbocycles. The van der Waals surface area contributed by atoms with Gasteiger partial charge < -0.3 is 20.1 Å². The van der Waals surface area contributed by atoms with Crippen LogP contribution in [0.5, 0.6) is 11.6 Å². The fourth-order valence-corrected chi connectivity index (χ4v) is 2.84. The first-order valence-electron chi connectivity index (χ1n) is 8.55. The van der Waals surface area contributed by atoms with Crippen LogP contribution in [-0.2, 0) is 16.1 Å². The third-order valence-corrected chi connectivity index (χ3v) is 4.25. The molecule has 2 aromatic rings. The summed E-state index contributed by atoms with van der Waals surface area (Å²) in [4.78, 5) is 42.1. The molecule has 1 saturated heterocycles. The molecule has 28 heavy (non-hydrogen) atoms. The molecule has 0 saturated carbocycles. The van der Waals surface area contributed by atoms with E-state index in [9.17, 15) is 14.4 Å². The van der Waals surface area contributed by atoms with Crippen LogP contribution in [0, 0.1) is 0 Å². The minimum Gasteiger partial charge on any atom is -0.496 e. The molecule has 9 nitrogen and oxygen atoms in total. The Morgan fingerprint density at radius 1 is 1.18 bits per heavy atom. The Kier molecular flexibility index (Phi) is 5.73. The van der Waals surface area contributed by atoms with Gasteiger partial charge in [0.15, 0.2) is 0 Å². The second-order valence-corrected chi connectivity index (χ2v) is 6.08. The number of aromatic nitrogens is 1. The number of para-hydroxylation sites is 1. The van der Waals surface area contributed by atoms with Crippen LogP contribution in [0.3, 0.4) is 0 Å². The fraction of sp³-hybridized carbons (Fsp3) is 0.263. The van der Waals surface area contributed by atoms with Gasteiger partial charge in [-0.1, -0.05) is 18.2 Å². The molecule has 0 spiro atoms. The Bertz CT molecular complexity index is 884. The molecule has 2 N–H and O–H groups in total. The molecule has 1 aromatic heterocycles. The zero-order valence-corrected chi connectivity index (χ0v) is 15.5. The van der Waals surface area contributed by atoms with Crippen molar-refractivity contribution in [1.82, 2.24) is 15.2 Å². The number of carbonyl (C=O) groups is 3. The highest BCUT2D eigenvalue weighted by Crippen LogP contribution is 2.22. The van der Waals surface area contributed by atoms with E-state index in [-0.39, 0.29) is 13.0 Å². The largest absolute Gasteiger partial charge is 0.496 e. The molecule has 1 atom stereocenters. The Morgan fingerprint density at radius 2 is 1.96 bits per heavy atom. The van der Waals surface area contributed by atoms with Crippen LogP contribution in [0.2, 0.25) is 0 Å². The molecule has 146 valence electrons. The van der Waals surface area contributed by atoms with Crippen LogP contribution in [-0.4, -0.2) is 48.0 Å². The Morgan fingerprint density at radius 3 is 2.64 bits per heavy atom. The molecular formula is C19H20N4O5. The molecule has 9 heteroatoms. The highest BCUT2D eigenvalue weighted by Gasteiger charge is 2.39. The van der Waals surface area contributed by atoms with E-state index in [1.54, 1.807) is 36.4 Å². The maximum atomic E-state index is 12.6. The first-order chi connectivity index (χ1) is 13.5. The van der Waals surface area contributed by atoms with Gasteiger partial charge >= 0.3 is 6.03 Å². The lowest BCUT2D eigenvalue weighted by Crippen LogP contribution is -2.34. The number of hydrogen-bond acceptors (Lipinski definition) is 6. The number of imide groups is 1. The van der Waals surface area contributed by atoms with E-state index in [1.165, 1.54) is 20.4 Å². The number of methoxy groups -OCH3 is 2. The van der Waals surface area contributed by atoms with Crippen molar-refractivity contribution >= 4 is 23.5 Å². The topological polar surface area (TPSA) is 110 Å². The van der Waals surface area contributed by atoms with Crippen LogP contribution in [0.25, 0.3) is 0 Å². The van der Waals surface area contributed by atoms with Gasteiger partial charge in [-0.15, -0.1) is 0 Å². The molecular weight excluding hydrogens is 364 g/mol. The van der Waals surface area contributed by atoms with Crippen molar-refractivity contribution in [2.24, 2.45) is 0 Å². The molecule has 1 fully saturated rings. The van der Waals surface area contributed by atoms with Crippen molar-refractivity contribution < 1.29 is 23.9 Å². The third kappa shape index (κ3) is 4.20. The Hall–Kier alpha value is -3.62. The summed E-state index contributed by atoms with van der Waals surface area (Å²) >= 11 is 0. The van der Waals surface area contributed by atoms with Crippen LogP contribution in [0.4, 0.5) is 10.5 Å². The number of ether oxygens (including phenoxy) is 2. The first kappa shape index (κ1) is 19.2. The predicted octanol–water partition coefficient (Wildman–Crippen LogP) is 1.55. The second-order valence-electron chi connectivity index (χ2n) is 6.08. The van der Waals surface area contributed by atoms with E-state index in [4.69, 9.17) is 9.47 Å². The number of anilines is 1. The number of nitrogens with zero attached hydrogens (tertiary/aromatic N) is 2. The lowest BCUT2D eigenvalue weighted by molar-refractivity contribution is -0.130. The quantitative estimate of drug-likeness (QED) is 0.701. The highest BCUT2D eigenvalue weighted by atomic mass is 16.5. The van der Waals surface area contributed by atoms with Crippen molar-refractivity contribution in [2.45, 2.75) is 19.0 Å². The zero-order chi connectivity index (χ0) is 20.1. The van der Waals surface area contributed by atoms with Gasteiger partial charge in [0, 0.05) is 11.6 Å². The summed E-state index contributed by atoms with van der Waals surface area (Å²) < 4.78 is 10.2. The van der Waals surface area contributed by atoms with Gasteiger partial charge in [-0.25, -0.2) is 9.78 Å². The second kappa shape index (κ2) is 8.38. The summed E-state index contributed by atoms with van der Waals surface area (Å²) in [5.41, 5.74) is 1.16. The van der Waals surface area contributed by atoms with Crippen molar-refractivity contribution in [3.8, 4) is 11.6 Å². The lowest BCUT2D eigenvalue weighted by Gasteiger charge is -2.15. The normalized spacial score (nSPS) is 15.9. The number of benzene rings is 1. The minimum absolute atomic E-state index is 0.0647. The van der Waals surface area contributed by atoms with Crippen molar-refractivity contribution in [3.05, 3.63) is 48.2 Å². The average Bonchev–Trinajstić information content (AvgIpc) is 2.96. The number of carbonyl (C=O) groups excluding carboxylic acids is 3. The fourth-order valence-electron chi connectivity index (χ4n) is 2.84. The highest BCUT2D eigenvalue weighted by molar-refractivity contribution is 6.06. The number of nitrogens with one attached hydrogen (secondary N) is 2. The maximum absolute atomic E-state index is 12.6. The van der Waals surface area contributed by atoms with E-state index < -0.39 is 23.9 Å². The minimum atomic E-state index is -0.923. The summed E-state index contributed by atoms with van der Waals surface area (Å²) in [6, 6.07) is 8.89. The van der Waals surface area contributed by atoms with E-state index in [2.05, 4.69) is 15.6 Å². The molecule has 0 radical (unpaired) electrons. The zero-order valence-electron chi connectivity index (χ0n) is 15.5. The van der Waals surface area contributed by atoms with E-state index in [0.29, 0.717) is 22.9 Å². The van der Waals surface area contributed by atoms with Crippen molar-refractivity contribution in [3.63, 3.8) is 0 Å². The molecule has 3 rings (SSSR count). The van der Waals surface area contributed by atoms with Crippen molar-refractivity contribution in [2.75, 3.05) is 19.5 Å². The molecule has 1 aliphatic heterocycles.